The maximum absolute atomic E-state index is 12.4. The maximum atomic E-state index is 12.4. The van der Waals surface area contributed by atoms with E-state index in [4.69, 9.17) is 4.74 Å². The van der Waals surface area contributed by atoms with Crippen molar-refractivity contribution in [3.63, 3.8) is 0 Å². The average molecular weight is 305 g/mol. The number of carboxylic acids is 1. The molecular weight excluding hydrogens is 282 g/mol. The van der Waals surface area contributed by atoms with E-state index in [1.807, 2.05) is 30.3 Å². The van der Waals surface area contributed by atoms with E-state index in [0.29, 0.717) is 13.0 Å². The zero-order valence-electron chi connectivity index (χ0n) is 13.5. The smallest absolute Gasteiger partial charge is 0.411 e. The summed E-state index contributed by atoms with van der Waals surface area (Å²) in [5, 5.41) is 9.61. The van der Waals surface area contributed by atoms with E-state index in [-0.39, 0.29) is 5.92 Å². The van der Waals surface area contributed by atoms with Gasteiger partial charge in [-0.25, -0.2) is 9.59 Å². The molecule has 22 heavy (non-hydrogen) atoms. The molecule has 1 fully saturated rings. The first-order chi connectivity index (χ1) is 10.1. The first-order valence-corrected chi connectivity index (χ1v) is 7.42. The Bertz CT molecular complexity index is 564. The largest absolute Gasteiger partial charge is 0.480 e. The predicted molar refractivity (Wildman–Crippen MR) is 82.8 cm³/mol. The fourth-order valence-electron chi connectivity index (χ4n) is 2.82. The number of hydrogen-bond donors (Lipinski definition) is 1. The van der Waals surface area contributed by atoms with Crippen LogP contribution in [0.2, 0.25) is 0 Å². The third kappa shape index (κ3) is 3.24. The number of nitrogens with zero attached hydrogens (tertiary/aromatic N) is 1. The zero-order chi connectivity index (χ0) is 16.5. The fourth-order valence-corrected chi connectivity index (χ4v) is 2.82. The molecule has 0 radical (unpaired) electrons. The van der Waals surface area contributed by atoms with Crippen molar-refractivity contribution in [1.29, 1.82) is 0 Å². The van der Waals surface area contributed by atoms with Crippen molar-refractivity contribution < 1.29 is 19.4 Å². The normalized spacial score (nSPS) is 25.1. The number of carbonyl (C=O) groups excluding carboxylic acids is 1. The van der Waals surface area contributed by atoms with Gasteiger partial charge in [-0.05, 0) is 39.7 Å². The second kappa shape index (κ2) is 5.63. The Morgan fingerprint density at radius 1 is 1.27 bits per heavy atom. The van der Waals surface area contributed by atoms with Gasteiger partial charge in [-0.1, -0.05) is 30.3 Å². The van der Waals surface area contributed by atoms with E-state index in [0.717, 1.165) is 5.56 Å². The minimum Gasteiger partial charge on any atom is -0.480 e. The molecule has 0 spiro atoms. The lowest BCUT2D eigenvalue weighted by Crippen LogP contribution is -2.52. The molecule has 2 atom stereocenters. The van der Waals surface area contributed by atoms with E-state index in [2.05, 4.69) is 0 Å². The van der Waals surface area contributed by atoms with Crippen LogP contribution in [0.25, 0.3) is 0 Å². The van der Waals surface area contributed by atoms with Crippen LogP contribution < -0.4 is 0 Å². The minimum atomic E-state index is -1.25. The van der Waals surface area contributed by atoms with Crippen molar-refractivity contribution in [1.82, 2.24) is 4.90 Å². The molecule has 1 N–H and O–H groups in total. The van der Waals surface area contributed by atoms with E-state index in [1.54, 1.807) is 27.7 Å². The molecular formula is C17H23NO4. The van der Waals surface area contributed by atoms with Crippen molar-refractivity contribution in [2.75, 3.05) is 6.54 Å². The molecule has 0 aliphatic carbocycles. The van der Waals surface area contributed by atoms with Gasteiger partial charge in [0, 0.05) is 12.5 Å². The second-order valence-corrected chi connectivity index (χ2v) is 6.98. The number of ether oxygens (including phenoxy) is 1. The van der Waals surface area contributed by atoms with Crippen LogP contribution in [0, 0.1) is 0 Å². The molecule has 0 aromatic heterocycles. The summed E-state index contributed by atoms with van der Waals surface area (Å²) in [5.41, 5.74) is -0.856. The summed E-state index contributed by atoms with van der Waals surface area (Å²) in [7, 11) is 0. The summed E-state index contributed by atoms with van der Waals surface area (Å²) in [5.74, 6) is -1.01. The third-order valence-corrected chi connectivity index (χ3v) is 3.99. The summed E-state index contributed by atoms with van der Waals surface area (Å²) in [6.07, 6.45) is -0.193. The Hall–Kier alpha value is -2.04. The van der Waals surface area contributed by atoms with Gasteiger partial charge in [-0.15, -0.1) is 0 Å². The van der Waals surface area contributed by atoms with Gasteiger partial charge >= 0.3 is 12.1 Å². The Morgan fingerprint density at radius 3 is 2.36 bits per heavy atom. The number of rotatable bonds is 2. The highest BCUT2D eigenvalue weighted by Crippen LogP contribution is 2.39. The van der Waals surface area contributed by atoms with Crippen LogP contribution in [0.3, 0.4) is 0 Å². The average Bonchev–Trinajstić information content (AvgIpc) is 2.77. The molecule has 0 saturated carbocycles. The van der Waals surface area contributed by atoms with Crippen molar-refractivity contribution in [2.24, 2.45) is 0 Å². The van der Waals surface area contributed by atoms with E-state index < -0.39 is 23.2 Å². The molecule has 1 saturated heterocycles. The minimum absolute atomic E-state index is 0.00480. The lowest BCUT2D eigenvalue weighted by Gasteiger charge is -2.32. The van der Waals surface area contributed by atoms with Crippen molar-refractivity contribution in [3.8, 4) is 0 Å². The lowest BCUT2D eigenvalue weighted by molar-refractivity contribution is -0.148. The molecule has 1 aliphatic rings. The van der Waals surface area contributed by atoms with Crippen molar-refractivity contribution >= 4 is 12.1 Å². The van der Waals surface area contributed by atoms with E-state index in [1.165, 1.54) is 4.90 Å². The SMILES string of the molecule is CC(C)(C)OC(=O)N1C[C@H](c2ccccc2)C[C@@]1(C)C(=O)O. The monoisotopic (exact) mass is 305 g/mol. The predicted octanol–water partition coefficient (Wildman–Crippen LogP) is 3.25. The molecule has 1 aromatic carbocycles. The maximum Gasteiger partial charge on any atom is 0.411 e. The molecule has 0 unspecified atom stereocenters. The van der Waals surface area contributed by atoms with Crippen LogP contribution in [0.4, 0.5) is 4.79 Å². The van der Waals surface area contributed by atoms with Crippen molar-refractivity contribution in [3.05, 3.63) is 35.9 Å². The van der Waals surface area contributed by atoms with Gasteiger partial charge in [0.05, 0.1) is 0 Å². The number of carbonyl (C=O) groups is 2. The molecule has 1 heterocycles. The molecule has 2 rings (SSSR count). The van der Waals surface area contributed by atoms with E-state index >= 15 is 0 Å². The van der Waals surface area contributed by atoms with Gasteiger partial charge in [-0.2, -0.15) is 0 Å². The van der Waals surface area contributed by atoms with Gasteiger partial charge in [-0.3, -0.25) is 4.90 Å². The molecule has 1 aromatic rings. The van der Waals surface area contributed by atoms with Crippen LogP contribution in [0.1, 0.15) is 45.6 Å². The number of hydrogen-bond acceptors (Lipinski definition) is 3. The lowest BCUT2D eigenvalue weighted by atomic mass is 9.90. The topological polar surface area (TPSA) is 66.8 Å². The Morgan fingerprint density at radius 2 is 1.86 bits per heavy atom. The van der Waals surface area contributed by atoms with Gasteiger partial charge in [0.1, 0.15) is 11.1 Å². The highest BCUT2D eigenvalue weighted by atomic mass is 16.6. The number of aliphatic carboxylic acids is 1. The Kier molecular flexibility index (Phi) is 4.18. The highest BCUT2D eigenvalue weighted by molar-refractivity contribution is 5.85. The van der Waals surface area contributed by atoms with Crippen LogP contribution >= 0.6 is 0 Å². The molecule has 120 valence electrons. The first kappa shape index (κ1) is 16.3. The van der Waals surface area contributed by atoms with E-state index in [9.17, 15) is 14.7 Å². The van der Waals surface area contributed by atoms with Crippen molar-refractivity contribution in [2.45, 2.75) is 51.2 Å². The van der Waals surface area contributed by atoms with Gasteiger partial charge < -0.3 is 9.84 Å². The molecule has 1 amide bonds. The summed E-state index contributed by atoms with van der Waals surface area (Å²) >= 11 is 0. The number of benzene rings is 1. The molecule has 5 nitrogen and oxygen atoms in total. The third-order valence-electron chi connectivity index (χ3n) is 3.99. The quantitative estimate of drug-likeness (QED) is 0.910. The van der Waals surface area contributed by atoms with Gasteiger partial charge in [0.15, 0.2) is 0 Å². The zero-order valence-corrected chi connectivity index (χ0v) is 13.5. The van der Waals surface area contributed by atoms with Crippen LogP contribution in [0.15, 0.2) is 30.3 Å². The van der Waals surface area contributed by atoms with Gasteiger partial charge in [0.25, 0.3) is 0 Å². The molecule has 5 heteroatoms. The summed E-state index contributed by atoms with van der Waals surface area (Å²) < 4.78 is 5.38. The van der Waals surface area contributed by atoms with Crippen LogP contribution in [-0.2, 0) is 9.53 Å². The first-order valence-electron chi connectivity index (χ1n) is 7.42. The number of amides is 1. The number of likely N-dealkylation sites (tertiary alicyclic amines) is 1. The molecule has 1 aliphatic heterocycles. The summed E-state index contributed by atoms with van der Waals surface area (Å²) in [6.45, 7) is 7.25. The van der Waals surface area contributed by atoms with Crippen LogP contribution in [-0.4, -0.2) is 39.8 Å². The number of carboxylic acid groups (broad SMARTS) is 1. The Labute approximate surface area is 130 Å². The Balaban J connectivity index is 2.27. The summed E-state index contributed by atoms with van der Waals surface area (Å²) in [6, 6.07) is 9.69. The highest BCUT2D eigenvalue weighted by Gasteiger charge is 2.51. The second-order valence-electron chi connectivity index (χ2n) is 6.98. The van der Waals surface area contributed by atoms with Crippen LogP contribution in [0.5, 0.6) is 0 Å². The fraction of sp³-hybridized carbons (Fsp3) is 0.529. The molecule has 0 bridgehead atoms. The standard InChI is InChI=1S/C17H23NO4/c1-16(2,3)22-15(21)18-11-13(10-17(18,4)14(19)20)12-8-6-5-7-9-12/h5-9,13H,10-11H2,1-4H3,(H,19,20)/t13-,17+/m1/s1. The summed E-state index contributed by atoms with van der Waals surface area (Å²) in [4.78, 5) is 25.5. The van der Waals surface area contributed by atoms with Gasteiger partial charge in [0.2, 0.25) is 0 Å².